The monoisotopic (exact) mass is 257 g/mol. The summed E-state index contributed by atoms with van der Waals surface area (Å²) >= 11 is 5.96. The van der Waals surface area contributed by atoms with Crippen molar-refractivity contribution in [3.8, 4) is 0 Å². The lowest BCUT2D eigenvalue weighted by atomic mass is 10.1. The number of aliphatic hydroxyl groups excluding tert-OH is 1. The lowest BCUT2D eigenvalue weighted by Crippen LogP contribution is -2.16. The number of nitrogens with zero attached hydrogens (tertiary/aromatic N) is 2. The highest BCUT2D eigenvalue weighted by Crippen LogP contribution is 2.26. The molecule has 17 heavy (non-hydrogen) atoms. The fraction of sp³-hybridized carbons (Fsp3) is 0.600. The quantitative estimate of drug-likeness (QED) is 0.475. The molecule has 0 aliphatic heterocycles. The molecule has 1 aromatic heterocycles. The van der Waals surface area contributed by atoms with Crippen LogP contribution in [0.15, 0.2) is 6.20 Å². The highest BCUT2D eigenvalue weighted by Gasteiger charge is 2.22. The molecule has 1 aromatic rings. The maximum absolute atomic E-state index is 9.43. The molecule has 6 nitrogen and oxygen atoms in total. The number of hydrogen-bond donors (Lipinski definition) is 4. The molecular formula is C10H16ClN5O. The Morgan fingerprint density at radius 2 is 2.35 bits per heavy atom. The number of aromatic nitrogens is 2. The number of nitrogen functional groups attached to an aromatic ring is 1. The molecule has 2 atom stereocenters. The third-order valence-electron chi connectivity index (χ3n) is 2.94. The van der Waals surface area contributed by atoms with Crippen molar-refractivity contribution in [1.29, 1.82) is 0 Å². The number of nitrogens with one attached hydrogen (secondary N) is 2. The average molecular weight is 258 g/mol. The average Bonchev–Trinajstić information content (AvgIpc) is 2.74. The van der Waals surface area contributed by atoms with Crippen molar-refractivity contribution in [1.82, 2.24) is 9.97 Å². The Bertz CT molecular complexity index is 389. The largest absolute Gasteiger partial charge is 0.393 e. The second-order valence-corrected chi connectivity index (χ2v) is 4.66. The van der Waals surface area contributed by atoms with E-state index in [-0.39, 0.29) is 6.10 Å². The Morgan fingerprint density at radius 3 is 3.00 bits per heavy atom. The van der Waals surface area contributed by atoms with Crippen molar-refractivity contribution in [3.63, 3.8) is 0 Å². The summed E-state index contributed by atoms with van der Waals surface area (Å²) in [6, 6.07) is 0. The number of hydrogen-bond acceptors (Lipinski definition) is 6. The molecule has 2 rings (SSSR count). The van der Waals surface area contributed by atoms with Crippen molar-refractivity contribution in [2.24, 2.45) is 11.8 Å². The van der Waals surface area contributed by atoms with Gasteiger partial charge in [-0.05, 0) is 25.2 Å². The Kier molecular flexibility index (Phi) is 3.98. The van der Waals surface area contributed by atoms with Crippen LogP contribution in [0.25, 0.3) is 0 Å². The Hall–Kier alpha value is -1.11. The van der Waals surface area contributed by atoms with Gasteiger partial charge >= 0.3 is 0 Å². The topological polar surface area (TPSA) is 96.1 Å². The van der Waals surface area contributed by atoms with Gasteiger partial charge in [0.2, 0.25) is 5.95 Å². The number of hydrazine groups is 1. The van der Waals surface area contributed by atoms with E-state index in [0.29, 0.717) is 22.7 Å². The van der Waals surface area contributed by atoms with Gasteiger partial charge in [-0.1, -0.05) is 11.6 Å². The molecule has 1 fully saturated rings. The molecule has 0 amide bonds. The molecule has 0 aromatic carbocycles. The molecule has 1 aliphatic rings. The van der Waals surface area contributed by atoms with Gasteiger partial charge < -0.3 is 10.4 Å². The van der Waals surface area contributed by atoms with E-state index in [9.17, 15) is 5.11 Å². The van der Waals surface area contributed by atoms with Gasteiger partial charge in [0, 0.05) is 6.54 Å². The van der Waals surface area contributed by atoms with E-state index >= 15 is 0 Å². The number of nitrogens with two attached hydrogens (primary N) is 1. The molecule has 7 heteroatoms. The van der Waals surface area contributed by atoms with Crippen LogP contribution in [-0.2, 0) is 0 Å². The standard InChI is InChI=1S/C10H16ClN5O/c11-8-5-14-10(16-12)15-9(8)13-4-6-1-2-7(17)3-6/h5-7,17H,1-4,12H2,(H2,13,14,15,16). The summed E-state index contributed by atoms with van der Waals surface area (Å²) < 4.78 is 0. The van der Waals surface area contributed by atoms with Crippen LogP contribution in [0.2, 0.25) is 5.02 Å². The van der Waals surface area contributed by atoms with Crippen molar-refractivity contribution < 1.29 is 5.11 Å². The molecule has 5 N–H and O–H groups in total. The van der Waals surface area contributed by atoms with E-state index in [1.54, 1.807) is 0 Å². The molecule has 0 bridgehead atoms. The molecule has 0 saturated heterocycles. The fourth-order valence-electron chi connectivity index (χ4n) is 2.04. The Labute approximate surface area is 105 Å². The van der Waals surface area contributed by atoms with E-state index in [1.165, 1.54) is 6.20 Å². The highest BCUT2D eigenvalue weighted by atomic mass is 35.5. The summed E-state index contributed by atoms with van der Waals surface area (Å²) in [6.45, 7) is 0.748. The van der Waals surface area contributed by atoms with E-state index < -0.39 is 0 Å². The first-order valence-corrected chi connectivity index (χ1v) is 5.98. The van der Waals surface area contributed by atoms with E-state index in [4.69, 9.17) is 17.4 Å². The predicted molar refractivity (Wildman–Crippen MR) is 66.7 cm³/mol. The summed E-state index contributed by atoms with van der Waals surface area (Å²) in [5, 5.41) is 13.0. The zero-order valence-electron chi connectivity index (χ0n) is 9.36. The third kappa shape index (κ3) is 3.18. The molecule has 1 saturated carbocycles. The SMILES string of the molecule is NNc1ncc(Cl)c(NCC2CCC(O)C2)n1. The molecule has 0 spiro atoms. The minimum Gasteiger partial charge on any atom is -0.393 e. The highest BCUT2D eigenvalue weighted by molar-refractivity contribution is 6.32. The van der Waals surface area contributed by atoms with Gasteiger partial charge in [-0.3, -0.25) is 5.43 Å². The summed E-state index contributed by atoms with van der Waals surface area (Å²) in [5.41, 5.74) is 2.37. The predicted octanol–water partition coefficient (Wildman–Crippen LogP) is 0.988. The molecule has 1 aliphatic carbocycles. The fourth-order valence-corrected chi connectivity index (χ4v) is 2.19. The second kappa shape index (κ2) is 5.48. The first kappa shape index (κ1) is 12.3. The van der Waals surface area contributed by atoms with Crippen molar-refractivity contribution in [2.75, 3.05) is 17.3 Å². The second-order valence-electron chi connectivity index (χ2n) is 4.25. The van der Waals surface area contributed by atoms with Crippen molar-refractivity contribution in [3.05, 3.63) is 11.2 Å². The normalized spacial score (nSPS) is 23.7. The van der Waals surface area contributed by atoms with E-state index in [0.717, 1.165) is 25.8 Å². The van der Waals surface area contributed by atoms with Crippen molar-refractivity contribution in [2.45, 2.75) is 25.4 Å². The third-order valence-corrected chi connectivity index (χ3v) is 3.22. The van der Waals surface area contributed by atoms with Gasteiger partial charge in [0.1, 0.15) is 5.02 Å². The summed E-state index contributed by atoms with van der Waals surface area (Å²) in [4.78, 5) is 8.01. The van der Waals surface area contributed by atoms with Gasteiger partial charge in [0.05, 0.1) is 12.3 Å². The summed E-state index contributed by atoms with van der Waals surface area (Å²) in [7, 11) is 0. The molecule has 1 heterocycles. The van der Waals surface area contributed by atoms with E-state index in [1.807, 2.05) is 0 Å². The van der Waals surface area contributed by atoms with Gasteiger partial charge in [0.15, 0.2) is 5.82 Å². The number of rotatable bonds is 4. The van der Waals surface area contributed by atoms with Crippen LogP contribution >= 0.6 is 11.6 Å². The Morgan fingerprint density at radius 1 is 1.53 bits per heavy atom. The van der Waals surface area contributed by atoms with Crippen LogP contribution < -0.4 is 16.6 Å². The zero-order valence-corrected chi connectivity index (χ0v) is 10.1. The minimum atomic E-state index is -0.163. The van der Waals surface area contributed by atoms with Gasteiger partial charge in [-0.2, -0.15) is 4.98 Å². The van der Waals surface area contributed by atoms with Crippen LogP contribution in [-0.4, -0.2) is 27.7 Å². The first-order chi connectivity index (χ1) is 8.19. The van der Waals surface area contributed by atoms with Gasteiger partial charge in [-0.25, -0.2) is 10.8 Å². The zero-order chi connectivity index (χ0) is 12.3. The first-order valence-electron chi connectivity index (χ1n) is 5.60. The number of aliphatic hydroxyl groups is 1. The lowest BCUT2D eigenvalue weighted by molar-refractivity contribution is 0.178. The molecule has 0 radical (unpaired) electrons. The molecule has 94 valence electrons. The van der Waals surface area contributed by atoms with Crippen LogP contribution in [0.1, 0.15) is 19.3 Å². The molecular weight excluding hydrogens is 242 g/mol. The van der Waals surface area contributed by atoms with Crippen LogP contribution in [0, 0.1) is 5.92 Å². The number of anilines is 2. The smallest absolute Gasteiger partial charge is 0.239 e. The van der Waals surface area contributed by atoms with E-state index in [2.05, 4.69) is 20.7 Å². The van der Waals surface area contributed by atoms with Crippen molar-refractivity contribution >= 4 is 23.4 Å². The van der Waals surface area contributed by atoms with Crippen LogP contribution in [0.3, 0.4) is 0 Å². The molecule has 2 unspecified atom stereocenters. The van der Waals surface area contributed by atoms with Gasteiger partial charge in [-0.15, -0.1) is 0 Å². The lowest BCUT2D eigenvalue weighted by Gasteiger charge is -2.12. The van der Waals surface area contributed by atoms with Gasteiger partial charge in [0.25, 0.3) is 0 Å². The maximum Gasteiger partial charge on any atom is 0.239 e. The van der Waals surface area contributed by atoms with Crippen LogP contribution in [0.5, 0.6) is 0 Å². The minimum absolute atomic E-state index is 0.163. The summed E-state index contributed by atoms with van der Waals surface area (Å²) in [5.74, 6) is 6.58. The van der Waals surface area contributed by atoms with Crippen LogP contribution in [0.4, 0.5) is 11.8 Å². The number of halogens is 1. The summed E-state index contributed by atoms with van der Waals surface area (Å²) in [6.07, 6.45) is 4.06. The maximum atomic E-state index is 9.43. The Balaban J connectivity index is 1.94.